The van der Waals surface area contributed by atoms with Gasteiger partial charge in [-0.3, -0.25) is 4.79 Å². The van der Waals surface area contributed by atoms with Crippen LogP contribution in [0.1, 0.15) is 25.3 Å². The lowest BCUT2D eigenvalue weighted by atomic mass is 10.1. The van der Waals surface area contributed by atoms with Crippen molar-refractivity contribution < 1.29 is 9.53 Å². The van der Waals surface area contributed by atoms with E-state index in [1.807, 2.05) is 13.0 Å². The minimum atomic E-state index is -0.0889. The van der Waals surface area contributed by atoms with Crippen LogP contribution < -0.4 is 0 Å². The van der Waals surface area contributed by atoms with Gasteiger partial charge in [-0.2, -0.15) is 0 Å². The van der Waals surface area contributed by atoms with Crippen LogP contribution >= 0.6 is 0 Å². The second-order valence-corrected chi connectivity index (χ2v) is 4.45. The van der Waals surface area contributed by atoms with Crippen LogP contribution in [0.3, 0.4) is 0 Å². The number of hydrogen-bond donors (Lipinski definition) is 0. The molecule has 100 valence electrons. The van der Waals surface area contributed by atoms with Crippen molar-refractivity contribution in [3.05, 3.63) is 35.9 Å². The third kappa shape index (κ3) is 6.40. The topological polar surface area (TPSA) is 29.5 Å². The molecule has 0 aliphatic rings. The molecule has 0 fully saturated rings. The van der Waals surface area contributed by atoms with Crippen LogP contribution in [0.15, 0.2) is 30.3 Å². The van der Waals surface area contributed by atoms with Gasteiger partial charge in [-0.1, -0.05) is 30.3 Å². The van der Waals surface area contributed by atoms with Gasteiger partial charge in [0.05, 0.1) is 6.61 Å². The lowest BCUT2D eigenvalue weighted by Crippen LogP contribution is -2.23. The summed E-state index contributed by atoms with van der Waals surface area (Å²) in [7, 11) is 2.09. The predicted octanol–water partition coefficient (Wildman–Crippen LogP) is 2.50. The van der Waals surface area contributed by atoms with Gasteiger partial charge in [-0.25, -0.2) is 0 Å². The van der Waals surface area contributed by atoms with Crippen LogP contribution in [0.2, 0.25) is 0 Å². The molecule has 1 rings (SSSR count). The van der Waals surface area contributed by atoms with Crippen molar-refractivity contribution in [2.24, 2.45) is 0 Å². The summed E-state index contributed by atoms with van der Waals surface area (Å²) < 4.78 is 4.90. The highest BCUT2D eigenvalue weighted by Crippen LogP contribution is 2.02. The third-order valence-electron chi connectivity index (χ3n) is 2.85. The van der Waals surface area contributed by atoms with Crippen molar-refractivity contribution in [1.29, 1.82) is 0 Å². The van der Waals surface area contributed by atoms with Gasteiger partial charge in [-0.05, 0) is 38.9 Å². The van der Waals surface area contributed by atoms with Crippen molar-refractivity contribution in [3.8, 4) is 0 Å². The van der Waals surface area contributed by atoms with E-state index in [4.69, 9.17) is 4.74 Å². The molecule has 1 aromatic carbocycles. The Kier molecular flexibility index (Phi) is 7.11. The molecule has 0 aliphatic heterocycles. The van der Waals surface area contributed by atoms with Crippen molar-refractivity contribution >= 4 is 5.97 Å². The minimum Gasteiger partial charge on any atom is -0.466 e. The summed E-state index contributed by atoms with van der Waals surface area (Å²) >= 11 is 0. The molecule has 0 amide bonds. The normalized spacial score (nSPS) is 10.6. The largest absolute Gasteiger partial charge is 0.466 e. The molecule has 0 heterocycles. The second kappa shape index (κ2) is 8.70. The van der Waals surface area contributed by atoms with E-state index in [-0.39, 0.29) is 5.97 Å². The lowest BCUT2D eigenvalue weighted by Gasteiger charge is -2.16. The fourth-order valence-electron chi connectivity index (χ4n) is 1.80. The van der Waals surface area contributed by atoms with E-state index in [0.717, 1.165) is 25.9 Å². The standard InChI is InChI=1S/C15H23NO2/c1-3-18-15(17)10-7-12-16(2)13-11-14-8-5-4-6-9-14/h4-6,8-9H,3,7,10-13H2,1-2H3. The smallest absolute Gasteiger partial charge is 0.305 e. The molecule has 0 spiro atoms. The number of esters is 1. The van der Waals surface area contributed by atoms with E-state index in [0.29, 0.717) is 13.0 Å². The first kappa shape index (κ1) is 14.7. The minimum absolute atomic E-state index is 0.0889. The fraction of sp³-hybridized carbons (Fsp3) is 0.533. The van der Waals surface area contributed by atoms with Crippen LogP contribution in [-0.2, 0) is 16.0 Å². The summed E-state index contributed by atoms with van der Waals surface area (Å²) in [6.45, 7) is 4.27. The quantitative estimate of drug-likeness (QED) is 0.663. The molecule has 0 bridgehead atoms. The average molecular weight is 249 g/mol. The first-order valence-electron chi connectivity index (χ1n) is 6.60. The number of carbonyl (C=O) groups is 1. The van der Waals surface area contributed by atoms with Gasteiger partial charge in [0.1, 0.15) is 0 Å². The van der Waals surface area contributed by atoms with Crippen molar-refractivity contribution in [2.75, 3.05) is 26.7 Å². The Balaban J connectivity index is 2.11. The number of benzene rings is 1. The Morgan fingerprint density at radius 3 is 2.61 bits per heavy atom. The number of carbonyl (C=O) groups excluding carboxylic acids is 1. The highest BCUT2D eigenvalue weighted by atomic mass is 16.5. The molecule has 1 aromatic rings. The Labute approximate surface area is 110 Å². The molecule has 3 nitrogen and oxygen atoms in total. The zero-order valence-electron chi connectivity index (χ0n) is 11.4. The maximum atomic E-state index is 11.2. The zero-order chi connectivity index (χ0) is 13.2. The SMILES string of the molecule is CCOC(=O)CCCN(C)CCc1ccccc1. The summed E-state index contributed by atoms with van der Waals surface area (Å²) in [6.07, 6.45) is 2.43. The first-order valence-corrected chi connectivity index (χ1v) is 6.60. The van der Waals surface area contributed by atoms with Gasteiger partial charge in [0, 0.05) is 13.0 Å². The molecule has 3 heteroatoms. The highest BCUT2D eigenvalue weighted by Gasteiger charge is 2.03. The molecule has 0 aliphatic carbocycles. The summed E-state index contributed by atoms with van der Waals surface area (Å²) in [5.74, 6) is -0.0889. The molecular formula is C15H23NO2. The number of likely N-dealkylation sites (N-methyl/N-ethyl adjacent to an activating group) is 1. The predicted molar refractivity (Wildman–Crippen MR) is 73.5 cm³/mol. The molecule has 0 atom stereocenters. The Hall–Kier alpha value is -1.35. The zero-order valence-corrected chi connectivity index (χ0v) is 11.4. The molecule has 0 unspecified atom stereocenters. The third-order valence-corrected chi connectivity index (χ3v) is 2.85. The van der Waals surface area contributed by atoms with Crippen LogP contribution in [0.5, 0.6) is 0 Å². The maximum absolute atomic E-state index is 11.2. The molecule has 0 radical (unpaired) electrons. The van der Waals surface area contributed by atoms with Gasteiger partial charge in [0.15, 0.2) is 0 Å². The van der Waals surface area contributed by atoms with Crippen LogP contribution in [0, 0.1) is 0 Å². The number of ether oxygens (including phenoxy) is 1. The van der Waals surface area contributed by atoms with Gasteiger partial charge in [0.2, 0.25) is 0 Å². The van der Waals surface area contributed by atoms with Gasteiger partial charge in [-0.15, -0.1) is 0 Å². The van der Waals surface area contributed by atoms with E-state index >= 15 is 0 Å². The molecular weight excluding hydrogens is 226 g/mol. The Morgan fingerprint density at radius 2 is 1.94 bits per heavy atom. The Morgan fingerprint density at radius 1 is 1.22 bits per heavy atom. The summed E-state index contributed by atoms with van der Waals surface area (Å²) in [5, 5.41) is 0. The van der Waals surface area contributed by atoms with Crippen LogP contribution in [0.25, 0.3) is 0 Å². The van der Waals surface area contributed by atoms with E-state index < -0.39 is 0 Å². The van der Waals surface area contributed by atoms with E-state index in [1.54, 1.807) is 0 Å². The molecule has 0 aromatic heterocycles. The van der Waals surface area contributed by atoms with E-state index in [1.165, 1.54) is 5.56 Å². The summed E-state index contributed by atoms with van der Waals surface area (Å²) in [6, 6.07) is 10.5. The molecule has 0 N–H and O–H groups in total. The number of nitrogens with zero attached hydrogens (tertiary/aromatic N) is 1. The number of hydrogen-bond acceptors (Lipinski definition) is 3. The average Bonchev–Trinajstić information content (AvgIpc) is 2.38. The van der Waals surface area contributed by atoms with Crippen molar-refractivity contribution in [3.63, 3.8) is 0 Å². The maximum Gasteiger partial charge on any atom is 0.305 e. The monoisotopic (exact) mass is 249 g/mol. The molecule has 0 saturated carbocycles. The molecule has 0 saturated heterocycles. The lowest BCUT2D eigenvalue weighted by molar-refractivity contribution is -0.143. The second-order valence-electron chi connectivity index (χ2n) is 4.45. The van der Waals surface area contributed by atoms with E-state index in [9.17, 15) is 4.79 Å². The van der Waals surface area contributed by atoms with Crippen LogP contribution in [0.4, 0.5) is 0 Å². The highest BCUT2D eigenvalue weighted by molar-refractivity contribution is 5.69. The van der Waals surface area contributed by atoms with E-state index in [2.05, 4.69) is 36.2 Å². The number of rotatable bonds is 8. The van der Waals surface area contributed by atoms with Gasteiger partial charge in [0.25, 0.3) is 0 Å². The van der Waals surface area contributed by atoms with Gasteiger partial charge < -0.3 is 9.64 Å². The van der Waals surface area contributed by atoms with Crippen LogP contribution in [-0.4, -0.2) is 37.6 Å². The van der Waals surface area contributed by atoms with Gasteiger partial charge >= 0.3 is 5.97 Å². The van der Waals surface area contributed by atoms with Crippen molar-refractivity contribution in [1.82, 2.24) is 4.90 Å². The summed E-state index contributed by atoms with van der Waals surface area (Å²) in [4.78, 5) is 13.4. The molecule has 18 heavy (non-hydrogen) atoms. The summed E-state index contributed by atoms with van der Waals surface area (Å²) in [5.41, 5.74) is 1.36. The van der Waals surface area contributed by atoms with Crippen molar-refractivity contribution in [2.45, 2.75) is 26.2 Å². The fourth-order valence-corrected chi connectivity index (χ4v) is 1.80. The first-order chi connectivity index (χ1) is 8.72. The Bertz CT molecular complexity index is 338.